The van der Waals surface area contributed by atoms with Gasteiger partial charge < -0.3 is 4.90 Å². The van der Waals surface area contributed by atoms with Crippen LogP contribution in [-0.2, 0) is 0 Å². The van der Waals surface area contributed by atoms with Crippen molar-refractivity contribution in [2.24, 2.45) is 0 Å². The van der Waals surface area contributed by atoms with Crippen LogP contribution in [-0.4, -0.2) is 23.9 Å². The summed E-state index contributed by atoms with van der Waals surface area (Å²) in [5.74, 6) is 0.991. The Hall–Kier alpha value is -0.0900. The molecule has 4 heteroatoms. The Kier molecular flexibility index (Phi) is 4.19. The maximum atomic E-state index is 4.35. The minimum Gasteiger partial charge on any atom is -0.358 e. The zero-order chi connectivity index (χ0) is 9.84. The van der Waals surface area contributed by atoms with Gasteiger partial charge in [0.2, 0.25) is 0 Å². The predicted molar refractivity (Wildman–Crippen MR) is 63.7 cm³/mol. The number of halogens is 2. The first kappa shape index (κ1) is 11.0. The van der Waals surface area contributed by atoms with E-state index in [0.717, 1.165) is 22.2 Å². The van der Waals surface area contributed by atoms with E-state index in [9.17, 15) is 0 Å². The summed E-state index contributed by atoms with van der Waals surface area (Å²) in [7, 11) is 2.03. The van der Waals surface area contributed by atoms with Crippen molar-refractivity contribution in [2.45, 2.75) is 6.92 Å². The summed E-state index contributed by atoms with van der Waals surface area (Å²) in [6.07, 6.45) is 1.88. The molecular formula is C9H12Br2N2. The van der Waals surface area contributed by atoms with Gasteiger partial charge in [0.15, 0.2) is 0 Å². The molecular weight excluding hydrogens is 296 g/mol. The van der Waals surface area contributed by atoms with Crippen molar-refractivity contribution in [3.05, 3.63) is 22.3 Å². The number of aryl methyl sites for hydroxylation is 1. The van der Waals surface area contributed by atoms with Crippen LogP contribution < -0.4 is 4.90 Å². The molecule has 1 rings (SSSR count). The maximum Gasteiger partial charge on any atom is 0.142 e. The lowest BCUT2D eigenvalue weighted by atomic mass is 10.3. The molecule has 0 atom stereocenters. The van der Waals surface area contributed by atoms with Crippen LogP contribution in [0.1, 0.15) is 5.56 Å². The first-order chi connectivity index (χ1) is 6.15. The molecule has 13 heavy (non-hydrogen) atoms. The molecule has 0 saturated heterocycles. The molecule has 0 aromatic carbocycles. The SMILES string of the molecule is Cc1cnc(N(C)CCBr)c(Br)c1. The van der Waals surface area contributed by atoms with E-state index >= 15 is 0 Å². The monoisotopic (exact) mass is 306 g/mol. The highest BCUT2D eigenvalue weighted by Crippen LogP contribution is 2.23. The Labute approximate surface area is 95.6 Å². The number of alkyl halides is 1. The van der Waals surface area contributed by atoms with Gasteiger partial charge in [-0.3, -0.25) is 0 Å². The largest absolute Gasteiger partial charge is 0.358 e. The first-order valence-electron chi connectivity index (χ1n) is 4.04. The predicted octanol–water partition coefficient (Wildman–Crippen LogP) is 2.98. The van der Waals surface area contributed by atoms with E-state index in [1.165, 1.54) is 5.56 Å². The highest BCUT2D eigenvalue weighted by molar-refractivity contribution is 9.10. The second-order valence-electron chi connectivity index (χ2n) is 2.93. The molecule has 72 valence electrons. The van der Waals surface area contributed by atoms with Gasteiger partial charge in [-0.05, 0) is 34.5 Å². The highest BCUT2D eigenvalue weighted by atomic mass is 79.9. The molecule has 1 aromatic rings. The van der Waals surface area contributed by atoms with Crippen molar-refractivity contribution in [1.82, 2.24) is 4.98 Å². The summed E-state index contributed by atoms with van der Waals surface area (Å²) in [5.41, 5.74) is 1.17. The fraction of sp³-hybridized carbons (Fsp3) is 0.444. The van der Waals surface area contributed by atoms with E-state index in [1.54, 1.807) is 0 Å². The summed E-state index contributed by atoms with van der Waals surface area (Å²) in [4.78, 5) is 6.46. The van der Waals surface area contributed by atoms with Crippen LogP contribution in [0.15, 0.2) is 16.7 Å². The number of hydrogen-bond acceptors (Lipinski definition) is 2. The zero-order valence-corrected chi connectivity index (χ0v) is 10.9. The van der Waals surface area contributed by atoms with Crippen LogP contribution in [0.5, 0.6) is 0 Å². The summed E-state index contributed by atoms with van der Waals surface area (Å²) in [6, 6.07) is 2.08. The second-order valence-corrected chi connectivity index (χ2v) is 4.58. The number of hydrogen-bond donors (Lipinski definition) is 0. The van der Waals surface area contributed by atoms with Crippen LogP contribution in [0.2, 0.25) is 0 Å². The Morgan fingerprint density at radius 3 is 2.77 bits per heavy atom. The van der Waals surface area contributed by atoms with Crippen LogP contribution >= 0.6 is 31.9 Å². The van der Waals surface area contributed by atoms with Gasteiger partial charge in [-0.15, -0.1) is 0 Å². The fourth-order valence-electron chi connectivity index (χ4n) is 1.04. The van der Waals surface area contributed by atoms with E-state index in [1.807, 2.05) is 20.2 Å². The van der Waals surface area contributed by atoms with Gasteiger partial charge in [-0.1, -0.05) is 15.9 Å². The molecule has 1 aromatic heterocycles. The van der Waals surface area contributed by atoms with Crippen LogP contribution in [0.3, 0.4) is 0 Å². The van der Waals surface area contributed by atoms with Gasteiger partial charge in [-0.2, -0.15) is 0 Å². The van der Waals surface area contributed by atoms with Crippen molar-refractivity contribution in [2.75, 3.05) is 23.8 Å². The Morgan fingerprint density at radius 1 is 1.54 bits per heavy atom. The van der Waals surface area contributed by atoms with E-state index in [2.05, 4.69) is 47.8 Å². The second kappa shape index (κ2) is 4.96. The molecule has 1 heterocycles. The zero-order valence-electron chi connectivity index (χ0n) is 7.72. The summed E-state index contributed by atoms with van der Waals surface area (Å²) >= 11 is 6.90. The molecule has 0 spiro atoms. The van der Waals surface area contributed by atoms with Crippen molar-refractivity contribution < 1.29 is 0 Å². The molecule has 2 nitrogen and oxygen atoms in total. The van der Waals surface area contributed by atoms with Gasteiger partial charge in [0.1, 0.15) is 5.82 Å². The Balaban J connectivity index is 2.88. The lowest BCUT2D eigenvalue weighted by Gasteiger charge is -2.18. The van der Waals surface area contributed by atoms with Crippen LogP contribution in [0.4, 0.5) is 5.82 Å². The number of rotatable bonds is 3. The number of aromatic nitrogens is 1. The smallest absolute Gasteiger partial charge is 0.142 e. The molecule has 0 fully saturated rings. The minimum absolute atomic E-state index is 0.950. The first-order valence-corrected chi connectivity index (χ1v) is 5.96. The lowest BCUT2D eigenvalue weighted by Crippen LogP contribution is -2.20. The van der Waals surface area contributed by atoms with Crippen LogP contribution in [0, 0.1) is 6.92 Å². The van der Waals surface area contributed by atoms with E-state index in [4.69, 9.17) is 0 Å². The van der Waals surface area contributed by atoms with Crippen molar-refractivity contribution in [3.63, 3.8) is 0 Å². The number of nitrogens with zero attached hydrogens (tertiary/aromatic N) is 2. The third-order valence-corrected chi connectivity index (χ3v) is 2.68. The molecule has 0 aliphatic heterocycles. The number of pyridine rings is 1. The third-order valence-electron chi connectivity index (χ3n) is 1.74. The normalized spacial score (nSPS) is 10.2. The van der Waals surface area contributed by atoms with E-state index < -0.39 is 0 Å². The van der Waals surface area contributed by atoms with Gasteiger partial charge in [0, 0.05) is 25.1 Å². The molecule has 0 N–H and O–H groups in total. The van der Waals surface area contributed by atoms with Crippen molar-refractivity contribution in [1.29, 1.82) is 0 Å². The maximum absolute atomic E-state index is 4.35. The van der Waals surface area contributed by atoms with Crippen molar-refractivity contribution >= 4 is 37.7 Å². The van der Waals surface area contributed by atoms with Gasteiger partial charge in [0.05, 0.1) is 4.47 Å². The summed E-state index contributed by atoms with van der Waals surface area (Å²) < 4.78 is 1.05. The lowest BCUT2D eigenvalue weighted by molar-refractivity contribution is 0.943. The fourth-order valence-corrected chi connectivity index (χ4v) is 2.34. The van der Waals surface area contributed by atoms with E-state index in [0.29, 0.717) is 0 Å². The Morgan fingerprint density at radius 2 is 2.23 bits per heavy atom. The average molecular weight is 308 g/mol. The topological polar surface area (TPSA) is 16.1 Å². The summed E-state index contributed by atoms with van der Waals surface area (Å²) in [5, 5.41) is 0.950. The standard InChI is InChI=1S/C9H12Br2N2/c1-7-5-8(11)9(12-6-7)13(2)4-3-10/h5-6H,3-4H2,1-2H3. The minimum atomic E-state index is 0.950. The number of anilines is 1. The molecule has 0 unspecified atom stereocenters. The van der Waals surface area contributed by atoms with Gasteiger partial charge in [-0.25, -0.2) is 4.98 Å². The molecule has 0 aliphatic rings. The van der Waals surface area contributed by atoms with Crippen LogP contribution in [0.25, 0.3) is 0 Å². The third kappa shape index (κ3) is 2.95. The van der Waals surface area contributed by atoms with Crippen molar-refractivity contribution in [3.8, 4) is 0 Å². The summed E-state index contributed by atoms with van der Waals surface area (Å²) in [6.45, 7) is 2.99. The molecule has 0 aliphatic carbocycles. The van der Waals surface area contributed by atoms with E-state index in [-0.39, 0.29) is 0 Å². The average Bonchev–Trinajstić information content (AvgIpc) is 2.04. The highest BCUT2D eigenvalue weighted by Gasteiger charge is 2.05. The van der Waals surface area contributed by atoms with Gasteiger partial charge in [0.25, 0.3) is 0 Å². The molecule has 0 amide bonds. The van der Waals surface area contributed by atoms with Gasteiger partial charge >= 0.3 is 0 Å². The quantitative estimate of drug-likeness (QED) is 0.798. The molecule has 0 bridgehead atoms. The Bertz CT molecular complexity index is 289. The molecule has 0 radical (unpaired) electrons. The molecule has 0 saturated carbocycles.